The number of amides is 1. The Morgan fingerprint density at radius 2 is 2.04 bits per heavy atom. The van der Waals surface area contributed by atoms with E-state index in [1.807, 2.05) is 32.0 Å². The van der Waals surface area contributed by atoms with Crippen molar-refractivity contribution in [2.45, 2.75) is 46.1 Å². The van der Waals surface area contributed by atoms with Gasteiger partial charge in [0.2, 0.25) is 5.91 Å². The van der Waals surface area contributed by atoms with Crippen molar-refractivity contribution in [1.82, 2.24) is 5.32 Å². The summed E-state index contributed by atoms with van der Waals surface area (Å²) >= 11 is 0. The Hall–Kier alpha value is -1.75. The molecule has 0 aliphatic carbocycles. The van der Waals surface area contributed by atoms with E-state index in [1.165, 1.54) is 0 Å². The van der Waals surface area contributed by atoms with Gasteiger partial charge in [-0.15, -0.1) is 0 Å². The lowest BCUT2D eigenvalue weighted by atomic mass is 10.0. The second kappa shape index (κ2) is 10.1. The van der Waals surface area contributed by atoms with Crippen molar-refractivity contribution in [3.05, 3.63) is 23.8 Å². The first kappa shape index (κ1) is 19.3. The van der Waals surface area contributed by atoms with Crippen molar-refractivity contribution in [2.75, 3.05) is 20.3 Å². The first-order valence-corrected chi connectivity index (χ1v) is 8.25. The van der Waals surface area contributed by atoms with Gasteiger partial charge in [-0.3, -0.25) is 4.79 Å². The molecule has 5 nitrogen and oxygen atoms in total. The Kier molecular flexibility index (Phi) is 8.48. The Labute approximate surface area is 139 Å². The SMILES string of the molecule is CCCCOc1ccc(C(C)NC(=O)C(C)CCO)cc1OC. The zero-order chi connectivity index (χ0) is 17.2. The van der Waals surface area contributed by atoms with Crippen LogP contribution in [0.25, 0.3) is 0 Å². The second-order valence-corrected chi connectivity index (χ2v) is 5.76. The molecule has 0 radical (unpaired) electrons. The van der Waals surface area contributed by atoms with Crippen LogP contribution in [0.4, 0.5) is 0 Å². The van der Waals surface area contributed by atoms with Crippen molar-refractivity contribution in [1.29, 1.82) is 0 Å². The molecule has 130 valence electrons. The summed E-state index contributed by atoms with van der Waals surface area (Å²) in [5.74, 6) is 1.12. The molecule has 0 aliphatic heterocycles. The summed E-state index contributed by atoms with van der Waals surface area (Å²) in [6.07, 6.45) is 2.54. The zero-order valence-electron chi connectivity index (χ0n) is 14.6. The lowest BCUT2D eigenvalue weighted by Gasteiger charge is -2.19. The van der Waals surface area contributed by atoms with Crippen LogP contribution in [0.5, 0.6) is 11.5 Å². The quantitative estimate of drug-likeness (QED) is 0.649. The van der Waals surface area contributed by atoms with E-state index in [1.54, 1.807) is 7.11 Å². The van der Waals surface area contributed by atoms with E-state index in [2.05, 4.69) is 12.2 Å². The molecular weight excluding hydrogens is 294 g/mol. The fourth-order valence-corrected chi connectivity index (χ4v) is 2.16. The molecule has 0 saturated carbocycles. The minimum absolute atomic E-state index is 0.0145. The molecule has 2 atom stereocenters. The van der Waals surface area contributed by atoms with E-state index in [0.717, 1.165) is 24.2 Å². The fourth-order valence-electron chi connectivity index (χ4n) is 2.16. The third-order valence-corrected chi connectivity index (χ3v) is 3.81. The molecule has 5 heteroatoms. The van der Waals surface area contributed by atoms with Gasteiger partial charge < -0.3 is 19.9 Å². The Balaban J connectivity index is 2.74. The molecule has 2 N–H and O–H groups in total. The van der Waals surface area contributed by atoms with E-state index in [-0.39, 0.29) is 24.5 Å². The van der Waals surface area contributed by atoms with Crippen molar-refractivity contribution in [3.63, 3.8) is 0 Å². The maximum absolute atomic E-state index is 12.0. The summed E-state index contributed by atoms with van der Waals surface area (Å²) in [7, 11) is 1.61. The summed E-state index contributed by atoms with van der Waals surface area (Å²) in [6, 6.07) is 5.57. The van der Waals surface area contributed by atoms with E-state index in [0.29, 0.717) is 18.8 Å². The molecule has 1 aromatic carbocycles. The third kappa shape index (κ3) is 6.10. The van der Waals surface area contributed by atoms with Crippen LogP contribution >= 0.6 is 0 Å². The molecule has 2 unspecified atom stereocenters. The topological polar surface area (TPSA) is 67.8 Å². The summed E-state index contributed by atoms with van der Waals surface area (Å²) in [5.41, 5.74) is 0.953. The summed E-state index contributed by atoms with van der Waals surface area (Å²) in [5, 5.41) is 11.9. The summed E-state index contributed by atoms with van der Waals surface area (Å²) < 4.78 is 11.1. The van der Waals surface area contributed by atoms with Crippen LogP contribution in [0.3, 0.4) is 0 Å². The normalized spacial score (nSPS) is 13.3. The molecule has 1 rings (SSSR count). The summed E-state index contributed by atoms with van der Waals surface area (Å²) in [6.45, 7) is 6.53. The molecule has 1 aromatic rings. The van der Waals surface area contributed by atoms with E-state index < -0.39 is 0 Å². The van der Waals surface area contributed by atoms with Crippen molar-refractivity contribution >= 4 is 5.91 Å². The van der Waals surface area contributed by atoms with Crippen LogP contribution in [0.15, 0.2) is 18.2 Å². The van der Waals surface area contributed by atoms with Gasteiger partial charge in [-0.25, -0.2) is 0 Å². The molecule has 0 spiro atoms. The highest BCUT2D eigenvalue weighted by Gasteiger charge is 2.17. The highest BCUT2D eigenvalue weighted by atomic mass is 16.5. The molecule has 0 fully saturated rings. The van der Waals surface area contributed by atoms with Crippen LogP contribution < -0.4 is 14.8 Å². The lowest BCUT2D eigenvalue weighted by Crippen LogP contribution is -2.32. The van der Waals surface area contributed by atoms with Gasteiger partial charge in [-0.2, -0.15) is 0 Å². The van der Waals surface area contributed by atoms with Crippen LogP contribution in [0, 0.1) is 5.92 Å². The van der Waals surface area contributed by atoms with Gasteiger partial charge in [-0.1, -0.05) is 26.3 Å². The van der Waals surface area contributed by atoms with Crippen LogP contribution in [-0.4, -0.2) is 31.3 Å². The first-order valence-electron chi connectivity index (χ1n) is 8.25. The predicted molar refractivity (Wildman–Crippen MR) is 90.8 cm³/mol. The highest BCUT2D eigenvalue weighted by Crippen LogP contribution is 2.30. The Morgan fingerprint density at radius 3 is 2.65 bits per heavy atom. The molecule has 1 amide bonds. The number of methoxy groups -OCH3 is 1. The Morgan fingerprint density at radius 1 is 1.30 bits per heavy atom. The number of carbonyl (C=O) groups excluding carboxylic acids is 1. The van der Waals surface area contributed by atoms with E-state index in [9.17, 15) is 4.79 Å². The maximum atomic E-state index is 12.0. The average molecular weight is 323 g/mol. The highest BCUT2D eigenvalue weighted by molar-refractivity contribution is 5.78. The van der Waals surface area contributed by atoms with Gasteiger partial charge in [0.25, 0.3) is 0 Å². The molecule has 0 saturated heterocycles. The predicted octanol–water partition coefficient (Wildman–Crippen LogP) is 3.07. The molecule has 0 heterocycles. The first-order chi connectivity index (χ1) is 11.0. The van der Waals surface area contributed by atoms with Gasteiger partial charge in [0.15, 0.2) is 11.5 Å². The largest absolute Gasteiger partial charge is 0.493 e. The second-order valence-electron chi connectivity index (χ2n) is 5.76. The number of unbranched alkanes of at least 4 members (excludes halogenated alkanes) is 1. The molecule has 0 aromatic heterocycles. The number of hydrogen-bond acceptors (Lipinski definition) is 4. The van der Waals surface area contributed by atoms with Crippen molar-refractivity contribution in [3.8, 4) is 11.5 Å². The lowest BCUT2D eigenvalue weighted by molar-refractivity contribution is -0.125. The van der Waals surface area contributed by atoms with E-state index in [4.69, 9.17) is 14.6 Å². The van der Waals surface area contributed by atoms with Gasteiger partial charge in [0.1, 0.15) is 0 Å². The minimum Gasteiger partial charge on any atom is -0.493 e. The fraction of sp³-hybridized carbons (Fsp3) is 0.611. The smallest absolute Gasteiger partial charge is 0.223 e. The average Bonchev–Trinajstić information content (AvgIpc) is 2.55. The van der Waals surface area contributed by atoms with Crippen LogP contribution in [0.1, 0.15) is 51.6 Å². The number of aliphatic hydroxyl groups excluding tert-OH is 1. The number of ether oxygens (including phenoxy) is 2. The number of aliphatic hydroxyl groups is 1. The zero-order valence-corrected chi connectivity index (χ0v) is 14.6. The molecule has 0 aliphatic rings. The van der Waals surface area contributed by atoms with Crippen LogP contribution in [-0.2, 0) is 4.79 Å². The Bertz CT molecular complexity index is 490. The summed E-state index contributed by atoms with van der Waals surface area (Å²) in [4.78, 5) is 12.0. The third-order valence-electron chi connectivity index (χ3n) is 3.81. The minimum atomic E-state index is -0.207. The van der Waals surface area contributed by atoms with E-state index >= 15 is 0 Å². The van der Waals surface area contributed by atoms with Crippen molar-refractivity contribution < 1.29 is 19.4 Å². The number of hydrogen-bond donors (Lipinski definition) is 2. The number of benzene rings is 1. The monoisotopic (exact) mass is 323 g/mol. The molecular formula is C18H29NO4. The van der Waals surface area contributed by atoms with Gasteiger partial charge >= 0.3 is 0 Å². The van der Waals surface area contributed by atoms with Crippen molar-refractivity contribution in [2.24, 2.45) is 5.92 Å². The standard InChI is InChI=1S/C18H29NO4/c1-5-6-11-23-16-8-7-15(12-17(16)22-4)14(3)19-18(21)13(2)9-10-20/h7-8,12-14,20H,5-6,9-11H2,1-4H3,(H,19,21). The molecule has 0 bridgehead atoms. The van der Waals surface area contributed by atoms with Gasteiger partial charge in [0, 0.05) is 12.5 Å². The van der Waals surface area contributed by atoms with Crippen LogP contribution in [0.2, 0.25) is 0 Å². The van der Waals surface area contributed by atoms with Gasteiger partial charge in [0.05, 0.1) is 19.8 Å². The number of carbonyl (C=O) groups is 1. The molecule has 23 heavy (non-hydrogen) atoms. The number of nitrogens with one attached hydrogen (secondary N) is 1. The number of rotatable bonds is 10. The maximum Gasteiger partial charge on any atom is 0.223 e. The van der Waals surface area contributed by atoms with Gasteiger partial charge in [-0.05, 0) is 37.5 Å².